The van der Waals surface area contributed by atoms with Crippen molar-refractivity contribution in [3.63, 3.8) is 0 Å². The molecule has 2 amide bonds. The van der Waals surface area contributed by atoms with E-state index in [1.807, 2.05) is 19.2 Å². The van der Waals surface area contributed by atoms with E-state index in [1.165, 1.54) is 35.6 Å². The first kappa shape index (κ1) is 23.3. The fourth-order valence-electron chi connectivity index (χ4n) is 2.97. The van der Waals surface area contributed by atoms with E-state index in [0.717, 1.165) is 17.2 Å². The second-order valence-corrected chi connectivity index (χ2v) is 8.14. The van der Waals surface area contributed by atoms with E-state index in [4.69, 9.17) is 0 Å². The quantitative estimate of drug-likeness (QED) is 0.481. The van der Waals surface area contributed by atoms with E-state index in [0.29, 0.717) is 10.4 Å². The van der Waals surface area contributed by atoms with Crippen molar-refractivity contribution in [3.05, 3.63) is 98.4 Å². The Morgan fingerprint density at radius 1 is 1.00 bits per heavy atom. The van der Waals surface area contributed by atoms with Gasteiger partial charge in [0.15, 0.2) is 0 Å². The van der Waals surface area contributed by atoms with E-state index in [9.17, 15) is 22.8 Å². The van der Waals surface area contributed by atoms with E-state index in [-0.39, 0.29) is 17.8 Å². The molecule has 2 aromatic carbocycles. The SMILES string of the molecule is Cc1ccc(C(=O)N/C(=C/c2cccs2)C(=O)NCc2ccccc2C(F)(F)F)cc1C. The number of aryl methyl sites for hydroxylation is 2. The molecule has 0 saturated heterocycles. The van der Waals surface area contributed by atoms with Crippen LogP contribution in [0.25, 0.3) is 6.08 Å². The fourth-order valence-corrected chi connectivity index (χ4v) is 3.63. The molecule has 0 bridgehead atoms. The molecule has 0 aliphatic carbocycles. The number of benzene rings is 2. The summed E-state index contributed by atoms with van der Waals surface area (Å²) in [5.74, 6) is -1.17. The Hall–Kier alpha value is -3.39. The molecule has 166 valence electrons. The predicted octanol–water partition coefficient (Wildman–Crippen LogP) is 5.47. The molecule has 1 aromatic heterocycles. The summed E-state index contributed by atoms with van der Waals surface area (Å²) in [5.41, 5.74) is 1.39. The topological polar surface area (TPSA) is 58.2 Å². The summed E-state index contributed by atoms with van der Waals surface area (Å²) in [6.07, 6.45) is -3.04. The lowest BCUT2D eigenvalue weighted by molar-refractivity contribution is -0.138. The van der Waals surface area contributed by atoms with Gasteiger partial charge in [-0.1, -0.05) is 30.3 Å². The summed E-state index contributed by atoms with van der Waals surface area (Å²) in [7, 11) is 0. The van der Waals surface area contributed by atoms with Crippen LogP contribution in [-0.2, 0) is 17.5 Å². The van der Waals surface area contributed by atoms with E-state index in [1.54, 1.807) is 30.3 Å². The highest BCUT2D eigenvalue weighted by molar-refractivity contribution is 7.10. The predicted molar refractivity (Wildman–Crippen MR) is 119 cm³/mol. The number of halogens is 3. The van der Waals surface area contributed by atoms with Gasteiger partial charge in [-0.3, -0.25) is 9.59 Å². The number of rotatable bonds is 6. The first-order chi connectivity index (χ1) is 15.1. The molecule has 8 heteroatoms. The average Bonchev–Trinajstić information content (AvgIpc) is 3.26. The van der Waals surface area contributed by atoms with Crippen LogP contribution in [0.3, 0.4) is 0 Å². The zero-order chi connectivity index (χ0) is 23.3. The van der Waals surface area contributed by atoms with Gasteiger partial charge in [0.05, 0.1) is 5.56 Å². The minimum absolute atomic E-state index is 0.0554. The second-order valence-electron chi connectivity index (χ2n) is 7.16. The van der Waals surface area contributed by atoms with Crippen LogP contribution in [-0.4, -0.2) is 11.8 Å². The number of hydrogen-bond donors (Lipinski definition) is 2. The van der Waals surface area contributed by atoms with Gasteiger partial charge in [-0.05, 0) is 66.3 Å². The van der Waals surface area contributed by atoms with Gasteiger partial charge < -0.3 is 10.6 Å². The molecule has 3 rings (SSSR count). The van der Waals surface area contributed by atoms with Gasteiger partial charge in [-0.25, -0.2) is 0 Å². The van der Waals surface area contributed by atoms with Gasteiger partial charge in [0.2, 0.25) is 0 Å². The van der Waals surface area contributed by atoms with Crippen LogP contribution in [0.15, 0.2) is 65.7 Å². The molecule has 0 atom stereocenters. The summed E-state index contributed by atoms with van der Waals surface area (Å²) >= 11 is 1.36. The third-order valence-corrected chi connectivity index (χ3v) is 5.67. The highest BCUT2D eigenvalue weighted by Gasteiger charge is 2.32. The van der Waals surface area contributed by atoms with Crippen LogP contribution in [0, 0.1) is 13.8 Å². The largest absolute Gasteiger partial charge is 0.416 e. The van der Waals surface area contributed by atoms with Crippen LogP contribution in [0.5, 0.6) is 0 Å². The Morgan fingerprint density at radius 2 is 1.75 bits per heavy atom. The van der Waals surface area contributed by atoms with Gasteiger partial charge in [0, 0.05) is 17.0 Å². The van der Waals surface area contributed by atoms with E-state index >= 15 is 0 Å². The van der Waals surface area contributed by atoms with Crippen molar-refractivity contribution in [2.75, 3.05) is 0 Å². The Bertz CT molecular complexity index is 1150. The van der Waals surface area contributed by atoms with Crippen LogP contribution in [0.2, 0.25) is 0 Å². The van der Waals surface area contributed by atoms with Gasteiger partial charge in [0.1, 0.15) is 5.70 Å². The van der Waals surface area contributed by atoms with E-state index in [2.05, 4.69) is 10.6 Å². The minimum Gasteiger partial charge on any atom is -0.347 e. The van der Waals surface area contributed by atoms with Crippen molar-refractivity contribution in [1.29, 1.82) is 0 Å². The number of hydrogen-bond acceptors (Lipinski definition) is 3. The van der Waals surface area contributed by atoms with Crippen molar-refractivity contribution < 1.29 is 22.8 Å². The highest BCUT2D eigenvalue weighted by Crippen LogP contribution is 2.31. The van der Waals surface area contributed by atoms with Gasteiger partial charge in [0.25, 0.3) is 11.8 Å². The van der Waals surface area contributed by atoms with Crippen molar-refractivity contribution in [2.24, 2.45) is 0 Å². The van der Waals surface area contributed by atoms with Gasteiger partial charge in [-0.2, -0.15) is 13.2 Å². The zero-order valence-electron chi connectivity index (χ0n) is 17.4. The molecule has 32 heavy (non-hydrogen) atoms. The molecule has 4 nitrogen and oxygen atoms in total. The maximum Gasteiger partial charge on any atom is 0.416 e. The fraction of sp³-hybridized carbons (Fsp3) is 0.167. The lowest BCUT2D eigenvalue weighted by atomic mass is 10.1. The van der Waals surface area contributed by atoms with Gasteiger partial charge in [-0.15, -0.1) is 11.3 Å². The van der Waals surface area contributed by atoms with Crippen molar-refractivity contribution in [1.82, 2.24) is 10.6 Å². The number of thiophene rings is 1. The number of carbonyl (C=O) groups excluding carboxylic acids is 2. The number of amides is 2. The molecular formula is C24H21F3N2O2S. The first-order valence-electron chi connectivity index (χ1n) is 9.72. The molecule has 0 radical (unpaired) electrons. The van der Waals surface area contributed by atoms with Crippen molar-refractivity contribution in [3.8, 4) is 0 Å². The summed E-state index contributed by atoms with van der Waals surface area (Å²) in [6, 6.07) is 13.8. The monoisotopic (exact) mass is 458 g/mol. The Labute approximate surface area is 187 Å². The Morgan fingerprint density at radius 3 is 2.41 bits per heavy atom. The number of nitrogens with one attached hydrogen (secondary N) is 2. The summed E-state index contributed by atoms with van der Waals surface area (Å²) in [4.78, 5) is 26.3. The maximum atomic E-state index is 13.2. The first-order valence-corrected chi connectivity index (χ1v) is 10.6. The molecule has 3 aromatic rings. The lowest BCUT2D eigenvalue weighted by Gasteiger charge is -2.15. The third-order valence-electron chi connectivity index (χ3n) is 4.85. The molecule has 0 unspecified atom stereocenters. The van der Waals surface area contributed by atoms with Crippen molar-refractivity contribution >= 4 is 29.2 Å². The molecule has 0 aliphatic rings. The Balaban J connectivity index is 1.81. The number of carbonyl (C=O) groups is 2. The molecule has 0 saturated carbocycles. The van der Waals surface area contributed by atoms with Crippen LogP contribution >= 0.6 is 11.3 Å². The van der Waals surface area contributed by atoms with Crippen LogP contribution < -0.4 is 10.6 Å². The molecule has 0 fully saturated rings. The maximum absolute atomic E-state index is 13.2. The number of alkyl halides is 3. The highest BCUT2D eigenvalue weighted by atomic mass is 32.1. The molecule has 2 N–H and O–H groups in total. The molecular weight excluding hydrogens is 437 g/mol. The summed E-state index contributed by atoms with van der Waals surface area (Å²) < 4.78 is 39.7. The zero-order valence-corrected chi connectivity index (χ0v) is 18.2. The summed E-state index contributed by atoms with van der Waals surface area (Å²) in [6.45, 7) is 3.46. The van der Waals surface area contributed by atoms with Gasteiger partial charge >= 0.3 is 6.18 Å². The molecule has 0 aliphatic heterocycles. The summed E-state index contributed by atoms with van der Waals surface area (Å²) in [5, 5.41) is 6.89. The smallest absolute Gasteiger partial charge is 0.347 e. The average molecular weight is 459 g/mol. The van der Waals surface area contributed by atoms with Crippen LogP contribution in [0.1, 0.15) is 37.5 Å². The van der Waals surface area contributed by atoms with E-state index < -0.39 is 23.6 Å². The minimum atomic E-state index is -4.53. The lowest BCUT2D eigenvalue weighted by Crippen LogP contribution is -2.35. The standard InChI is InChI=1S/C24H21F3N2O2S/c1-15-9-10-17(12-16(15)2)22(30)29-21(13-19-7-5-11-32-19)23(31)28-14-18-6-3-4-8-20(18)24(25,26)27/h3-13H,14H2,1-2H3,(H,28,31)(H,29,30)/b21-13+. The normalized spacial score (nSPS) is 11.8. The third kappa shape index (κ3) is 5.85. The second kappa shape index (κ2) is 9.82. The molecule has 1 heterocycles. The van der Waals surface area contributed by atoms with Crippen molar-refractivity contribution in [2.45, 2.75) is 26.6 Å². The molecule has 0 spiro atoms. The Kier molecular flexibility index (Phi) is 7.15. The van der Waals surface area contributed by atoms with Crippen LogP contribution in [0.4, 0.5) is 13.2 Å².